The number of ether oxygens (including phenoxy) is 1. The Morgan fingerprint density at radius 2 is 1.82 bits per heavy atom. The largest absolute Gasteiger partial charge is 0.469 e. The lowest BCUT2D eigenvalue weighted by Gasteiger charge is -2.12. The average molecular weight is 299 g/mol. The lowest BCUT2D eigenvalue weighted by Crippen LogP contribution is -2.34. The Kier molecular flexibility index (Phi) is 5.19. The molecule has 0 bridgehead atoms. The summed E-state index contributed by atoms with van der Waals surface area (Å²) in [5.74, 6) is -0.140. The first-order valence-corrected chi connectivity index (χ1v) is 6.85. The monoisotopic (exact) mass is 299 g/mol. The summed E-state index contributed by atoms with van der Waals surface area (Å²) in [4.78, 5) is 31.6. The van der Waals surface area contributed by atoms with Gasteiger partial charge in [0.05, 0.1) is 19.1 Å². The first kappa shape index (κ1) is 15.6. The van der Waals surface area contributed by atoms with Crippen molar-refractivity contribution < 1.29 is 14.3 Å². The van der Waals surface area contributed by atoms with E-state index in [4.69, 9.17) is 0 Å². The number of esters is 1. The number of amides is 1. The van der Waals surface area contributed by atoms with E-state index in [1.807, 2.05) is 30.3 Å². The van der Waals surface area contributed by atoms with Crippen LogP contribution in [0.5, 0.6) is 0 Å². The van der Waals surface area contributed by atoms with Crippen molar-refractivity contribution in [3.05, 3.63) is 48.3 Å². The van der Waals surface area contributed by atoms with E-state index in [2.05, 4.69) is 20.0 Å². The van der Waals surface area contributed by atoms with E-state index >= 15 is 0 Å². The standard InChI is InChI=1S/C16H17N3O3/c1-11(8-14(20)22-2)19-16(21)13-9-17-15(18-10-13)12-6-4-3-5-7-12/h3-7,9-11H,8H2,1-2H3,(H,19,21). The molecule has 0 aliphatic heterocycles. The highest BCUT2D eigenvalue weighted by atomic mass is 16.5. The zero-order valence-electron chi connectivity index (χ0n) is 12.4. The van der Waals surface area contributed by atoms with Crippen molar-refractivity contribution in [2.45, 2.75) is 19.4 Å². The minimum absolute atomic E-state index is 0.116. The van der Waals surface area contributed by atoms with Crippen LogP contribution in [0.25, 0.3) is 11.4 Å². The quantitative estimate of drug-likeness (QED) is 0.852. The summed E-state index contributed by atoms with van der Waals surface area (Å²) < 4.78 is 4.56. The van der Waals surface area contributed by atoms with E-state index in [9.17, 15) is 9.59 Å². The van der Waals surface area contributed by atoms with E-state index in [0.717, 1.165) is 5.56 Å². The molecule has 0 saturated heterocycles. The van der Waals surface area contributed by atoms with Crippen LogP contribution in [0.4, 0.5) is 0 Å². The number of methoxy groups -OCH3 is 1. The van der Waals surface area contributed by atoms with Crippen LogP contribution in [0, 0.1) is 0 Å². The first-order valence-electron chi connectivity index (χ1n) is 6.85. The molecule has 1 N–H and O–H groups in total. The predicted molar refractivity (Wildman–Crippen MR) is 81.0 cm³/mol. The normalized spacial score (nSPS) is 11.5. The van der Waals surface area contributed by atoms with Crippen LogP contribution in [0.1, 0.15) is 23.7 Å². The number of rotatable bonds is 5. The first-order chi connectivity index (χ1) is 10.6. The van der Waals surface area contributed by atoms with Gasteiger partial charge in [-0.3, -0.25) is 9.59 Å². The van der Waals surface area contributed by atoms with Crippen molar-refractivity contribution in [2.75, 3.05) is 7.11 Å². The number of carbonyl (C=O) groups excluding carboxylic acids is 2. The maximum Gasteiger partial charge on any atom is 0.307 e. The lowest BCUT2D eigenvalue weighted by molar-refractivity contribution is -0.141. The molecule has 0 aliphatic carbocycles. The van der Waals surface area contributed by atoms with Crippen molar-refractivity contribution in [3.8, 4) is 11.4 Å². The zero-order valence-corrected chi connectivity index (χ0v) is 12.4. The summed E-state index contributed by atoms with van der Waals surface area (Å²) in [6.45, 7) is 1.73. The Balaban J connectivity index is 2.01. The molecule has 6 heteroatoms. The molecule has 1 amide bonds. The summed E-state index contributed by atoms with van der Waals surface area (Å²) in [6.07, 6.45) is 3.05. The number of nitrogens with one attached hydrogen (secondary N) is 1. The molecule has 6 nitrogen and oxygen atoms in total. The molecule has 0 fully saturated rings. The summed E-state index contributed by atoms with van der Waals surface area (Å²) >= 11 is 0. The van der Waals surface area contributed by atoms with Gasteiger partial charge in [-0.15, -0.1) is 0 Å². The zero-order chi connectivity index (χ0) is 15.9. The van der Waals surface area contributed by atoms with Gasteiger partial charge in [-0.2, -0.15) is 0 Å². The Morgan fingerprint density at radius 1 is 1.18 bits per heavy atom. The van der Waals surface area contributed by atoms with Crippen molar-refractivity contribution in [1.29, 1.82) is 0 Å². The van der Waals surface area contributed by atoms with Crippen LogP contribution in [0.15, 0.2) is 42.7 Å². The Morgan fingerprint density at radius 3 is 2.41 bits per heavy atom. The highest BCUT2D eigenvalue weighted by molar-refractivity contribution is 5.94. The van der Waals surface area contributed by atoms with Crippen molar-refractivity contribution in [2.24, 2.45) is 0 Å². The molecule has 0 radical (unpaired) electrons. The van der Waals surface area contributed by atoms with Crippen molar-refractivity contribution in [3.63, 3.8) is 0 Å². The van der Waals surface area contributed by atoms with E-state index < -0.39 is 0 Å². The Labute approximate surface area is 128 Å². The summed E-state index contributed by atoms with van der Waals surface area (Å²) in [7, 11) is 1.31. The molecule has 0 spiro atoms. The van der Waals surface area contributed by atoms with Crippen LogP contribution >= 0.6 is 0 Å². The van der Waals surface area contributed by atoms with Gasteiger partial charge in [0.15, 0.2) is 5.82 Å². The average Bonchev–Trinajstić information content (AvgIpc) is 2.55. The number of hydrogen-bond donors (Lipinski definition) is 1. The van der Waals surface area contributed by atoms with Crippen LogP contribution in [-0.2, 0) is 9.53 Å². The van der Waals surface area contributed by atoms with Gasteiger partial charge in [0, 0.05) is 24.0 Å². The van der Waals surface area contributed by atoms with Gasteiger partial charge in [-0.05, 0) is 6.92 Å². The van der Waals surface area contributed by atoms with E-state index in [1.165, 1.54) is 19.5 Å². The molecule has 2 aromatic rings. The molecule has 1 aromatic carbocycles. The summed E-state index contributed by atoms with van der Waals surface area (Å²) in [5.41, 5.74) is 1.23. The highest BCUT2D eigenvalue weighted by Crippen LogP contribution is 2.13. The molecule has 0 aliphatic rings. The highest BCUT2D eigenvalue weighted by Gasteiger charge is 2.14. The number of carbonyl (C=O) groups is 2. The smallest absolute Gasteiger partial charge is 0.307 e. The fourth-order valence-corrected chi connectivity index (χ4v) is 1.87. The van der Waals surface area contributed by atoms with Crippen molar-refractivity contribution >= 4 is 11.9 Å². The van der Waals surface area contributed by atoms with Gasteiger partial charge in [0.1, 0.15) is 0 Å². The molecule has 1 atom stereocenters. The fourth-order valence-electron chi connectivity index (χ4n) is 1.87. The van der Waals surface area contributed by atoms with Crippen LogP contribution < -0.4 is 5.32 Å². The molecule has 2 rings (SSSR count). The van der Waals surface area contributed by atoms with Crippen LogP contribution in [-0.4, -0.2) is 35.0 Å². The van der Waals surface area contributed by atoms with Gasteiger partial charge in [-0.1, -0.05) is 30.3 Å². The molecule has 1 aromatic heterocycles. The van der Waals surface area contributed by atoms with Gasteiger partial charge in [0.2, 0.25) is 0 Å². The molecule has 1 heterocycles. The predicted octanol–water partition coefficient (Wildman–Crippen LogP) is 1.82. The second-order valence-electron chi connectivity index (χ2n) is 4.82. The molecule has 22 heavy (non-hydrogen) atoms. The van der Waals surface area contributed by atoms with E-state index in [1.54, 1.807) is 6.92 Å². The minimum atomic E-state index is -0.372. The Hall–Kier alpha value is -2.76. The van der Waals surface area contributed by atoms with E-state index in [-0.39, 0.29) is 24.3 Å². The van der Waals surface area contributed by atoms with Crippen LogP contribution in [0.3, 0.4) is 0 Å². The molecular formula is C16H17N3O3. The van der Waals surface area contributed by atoms with Gasteiger partial charge in [0.25, 0.3) is 5.91 Å². The maximum atomic E-state index is 12.0. The number of nitrogens with zero attached hydrogens (tertiary/aromatic N) is 2. The van der Waals surface area contributed by atoms with Crippen LogP contribution in [0.2, 0.25) is 0 Å². The molecule has 114 valence electrons. The second-order valence-corrected chi connectivity index (χ2v) is 4.82. The van der Waals surface area contributed by atoms with Gasteiger partial charge < -0.3 is 10.1 Å². The fraction of sp³-hybridized carbons (Fsp3) is 0.250. The second kappa shape index (κ2) is 7.31. The Bertz CT molecular complexity index is 641. The summed E-state index contributed by atoms with van der Waals surface area (Å²) in [6, 6.07) is 9.17. The number of aromatic nitrogens is 2. The SMILES string of the molecule is COC(=O)CC(C)NC(=O)c1cnc(-c2ccccc2)nc1. The summed E-state index contributed by atoms with van der Waals surface area (Å²) in [5, 5.41) is 2.70. The number of benzene rings is 1. The number of hydrogen-bond acceptors (Lipinski definition) is 5. The third-order valence-electron chi connectivity index (χ3n) is 3.02. The molecule has 1 unspecified atom stereocenters. The van der Waals surface area contributed by atoms with Gasteiger partial charge in [-0.25, -0.2) is 9.97 Å². The molecule has 0 saturated carbocycles. The topological polar surface area (TPSA) is 81.2 Å². The van der Waals surface area contributed by atoms with E-state index in [0.29, 0.717) is 11.4 Å². The maximum absolute atomic E-state index is 12.0. The molecular weight excluding hydrogens is 282 g/mol. The minimum Gasteiger partial charge on any atom is -0.469 e. The third kappa shape index (κ3) is 4.12. The van der Waals surface area contributed by atoms with Gasteiger partial charge >= 0.3 is 5.97 Å². The third-order valence-corrected chi connectivity index (χ3v) is 3.02. The lowest BCUT2D eigenvalue weighted by atomic mass is 10.2. The van der Waals surface area contributed by atoms with Crippen molar-refractivity contribution in [1.82, 2.24) is 15.3 Å².